The second kappa shape index (κ2) is 6.27. The highest BCUT2D eigenvalue weighted by molar-refractivity contribution is 7.91. The third kappa shape index (κ3) is 3.16. The number of carbonyl (C=O) groups is 1. The molecule has 6 nitrogen and oxygen atoms in total. The second-order valence-corrected chi connectivity index (χ2v) is 9.03. The highest BCUT2D eigenvalue weighted by Gasteiger charge is 2.31. The van der Waals surface area contributed by atoms with Crippen molar-refractivity contribution < 1.29 is 17.6 Å². The van der Waals surface area contributed by atoms with Crippen molar-refractivity contribution in [1.82, 2.24) is 9.21 Å². The molecule has 1 aliphatic rings. The Kier molecular flexibility index (Phi) is 4.50. The van der Waals surface area contributed by atoms with Crippen LogP contribution in [0.1, 0.15) is 16.1 Å². The summed E-state index contributed by atoms with van der Waals surface area (Å²) in [5.74, 6) is 0.436. The molecular formula is C14H15ClN2O4S2. The van der Waals surface area contributed by atoms with Gasteiger partial charge in [-0.15, -0.1) is 11.3 Å². The lowest BCUT2D eigenvalue weighted by Crippen LogP contribution is -2.50. The summed E-state index contributed by atoms with van der Waals surface area (Å²) < 4.78 is 32.2. The molecule has 0 N–H and O–H groups in total. The van der Waals surface area contributed by atoms with Crippen molar-refractivity contribution in [3.05, 3.63) is 40.1 Å². The normalized spacial score (nSPS) is 16.7. The van der Waals surface area contributed by atoms with Crippen LogP contribution in [0.3, 0.4) is 0 Å². The van der Waals surface area contributed by atoms with Crippen molar-refractivity contribution >= 4 is 38.9 Å². The monoisotopic (exact) mass is 374 g/mol. The van der Waals surface area contributed by atoms with Crippen LogP contribution in [-0.4, -0.2) is 49.7 Å². The van der Waals surface area contributed by atoms with E-state index in [9.17, 15) is 13.2 Å². The summed E-state index contributed by atoms with van der Waals surface area (Å²) in [5.41, 5.74) is 0.520. The number of aryl methyl sites for hydroxylation is 1. The molecule has 0 saturated carbocycles. The molecule has 1 amide bonds. The van der Waals surface area contributed by atoms with Crippen LogP contribution in [0.5, 0.6) is 0 Å². The number of rotatable bonds is 3. The molecule has 0 atom stereocenters. The third-order valence-electron chi connectivity index (χ3n) is 3.76. The average Bonchev–Trinajstić information content (AvgIpc) is 3.15. The van der Waals surface area contributed by atoms with E-state index in [2.05, 4.69) is 0 Å². The summed E-state index contributed by atoms with van der Waals surface area (Å²) >= 11 is 6.85. The zero-order chi connectivity index (χ0) is 16.6. The van der Waals surface area contributed by atoms with Crippen LogP contribution in [0.2, 0.25) is 4.34 Å². The fourth-order valence-electron chi connectivity index (χ4n) is 2.47. The minimum absolute atomic E-state index is 0.132. The lowest BCUT2D eigenvalue weighted by molar-refractivity contribution is 0.0696. The van der Waals surface area contributed by atoms with Crippen molar-refractivity contribution in [2.75, 3.05) is 26.2 Å². The van der Waals surface area contributed by atoms with E-state index in [4.69, 9.17) is 16.0 Å². The number of nitrogens with zero attached hydrogens (tertiary/aromatic N) is 2. The summed E-state index contributed by atoms with van der Waals surface area (Å²) in [6.45, 7) is 2.96. The minimum atomic E-state index is -3.54. The Bertz CT molecular complexity index is 819. The topological polar surface area (TPSA) is 70.8 Å². The lowest BCUT2D eigenvalue weighted by Gasteiger charge is -2.33. The molecule has 0 spiro atoms. The predicted octanol–water partition coefficient (Wildman–Crippen LogP) is 2.45. The molecular weight excluding hydrogens is 360 g/mol. The molecule has 124 valence electrons. The Morgan fingerprint density at radius 3 is 2.43 bits per heavy atom. The van der Waals surface area contributed by atoms with Crippen LogP contribution in [0.4, 0.5) is 0 Å². The molecule has 1 fully saturated rings. The first kappa shape index (κ1) is 16.5. The van der Waals surface area contributed by atoms with E-state index in [-0.39, 0.29) is 23.2 Å². The molecule has 2 aromatic heterocycles. The zero-order valence-electron chi connectivity index (χ0n) is 12.4. The van der Waals surface area contributed by atoms with E-state index in [1.807, 2.05) is 0 Å². The molecule has 0 radical (unpaired) electrons. The lowest BCUT2D eigenvalue weighted by atomic mass is 10.2. The molecule has 0 aromatic carbocycles. The Morgan fingerprint density at radius 2 is 1.91 bits per heavy atom. The SMILES string of the molecule is Cc1occc1C(=O)N1CCN(S(=O)(=O)c2ccc(Cl)s2)CC1. The van der Waals surface area contributed by atoms with Gasteiger partial charge in [0.05, 0.1) is 16.2 Å². The number of furan rings is 1. The van der Waals surface area contributed by atoms with Crippen LogP contribution < -0.4 is 0 Å². The quantitative estimate of drug-likeness (QED) is 0.827. The summed E-state index contributed by atoms with van der Waals surface area (Å²) in [7, 11) is -3.54. The average molecular weight is 375 g/mol. The highest BCUT2D eigenvalue weighted by atomic mass is 35.5. The molecule has 0 aliphatic carbocycles. The van der Waals surface area contributed by atoms with E-state index in [1.54, 1.807) is 24.0 Å². The number of amides is 1. The minimum Gasteiger partial charge on any atom is -0.469 e. The van der Waals surface area contributed by atoms with Gasteiger partial charge in [0.25, 0.3) is 15.9 Å². The van der Waals surface area contributed by atoms with Crippen LogP contribution in [0.25, 0.3) is 0 Å². The fourth-order valence-corrected chi connectivity index (χ4v) is 5.53. The molecule has 1 aliphatic heterocycles. The van der Waals surface area contributed by atoms with Gasteiger partial charge in [-0.1, -0.05) is 11.6 Å². The number of hydrogen-bond acceptors (Lipinski definition) is 5. The van der Waals surface area contributed by atoms with E-state index >= 15 is 0 Å². The first-order valence-corrected chi connectivity index (χ1v) is 9.62. The molecule has 0 bridgehead atoms. The van der Waals surface area contributed by atoms with Crippen LogP contribution in [0, 0.1) is 6.92 Å². The van der Waals surface area contributed by atoms with Gasteiger partial charge in [-0.2, -0.15) is 4.31 Å². The van der Waals surface area contributed by atoms with Crippen molar-refractivity contribution in [3.63, 3.8) is 0 Å². The maximum absolute atomic E-state index is 12.5. The third-order valence-corrected chi connectivity index (χ3v) is 7.35. The van der Waals surface area contributed by atoms with Crippen molar-refractivity contribution in [2.24, 2.45) is 0 Å². The maximum atomic E-state index is 12.5. The first-order chi connectivity index (χ1) is 10.9. The number of carbonyl (C=O) groups excluding carboxylic acids is 1. The van der Waals surface area contributed by atoms with Gasteiger partial charge < -0.3 is 9.32 Å². The Labute approximate surface area is 143 Å². The van der Waals surface area contributed by atoms with E-state index < -0.39 is 10.0 Å². The van der Waals surface area contributed by atoms with Gasteiger partial charge in [0.1, 0.15) is 9.97 Å². The van der Waals surface area contributed by atoms with Gasteiger partial charge in [0.2, 0.25) is 0 Å². The predicted molar refractivity (Wildman–Crippen MR) is 87.4 cm³/mol. The number of sulfonamides is 1. The fraction of sp³-hybridized carbons (Fsp3) is 0.357. The molecule has 3 rings (SSSR count). The molecule has 1 saturated heterocycles. The number of piperazine rings is 1. The van der Waals surface area contributed by atoms with Gasteiger partial charge in [-0.05, 0) is 25.1 Å². The summed E-state index contributed by atoms with van der Waals surface area (Å²) in [5, 5.41) is 0. The number of thiophene rings is 1. The zero-order valence-corrected chi connectivity index (χ0v) is 14.7. The smallest absolute Gasteiger partial charge is 0.257 e. The van der Waals surface area contributed by atoms with Gasteiger partial charge in [-0.25, -0.2) is 8.42 Å². The Hall–Kier alpha value is -1.35. The van der Waals surface area contributed by atoms with Gasteiger partial charge in [0.15, 0.2) is 0 Å². The second-order valence-electron chi connectivity index (χ2n) is 5.15. The number of halogens is 1. The van der Waals surface area contributed by atoms with E-state index in [0.717, 1.165) is 11.3 Å². The Morgan fingerprint density at radius 1 is 1.22 bits per heavy atom. The van der Waals surface area contributed by atoms with Crippen LogP contribution in [-0.2, 0) is 10.0 Å². The molecule has 0 unspecified atom stereocenters. The first-order valence-electron chi connectivity index (χ1n) is 6.98. The maximum Gasteiger partial charge on any atom is 0.257 e. The molecule has 23 heavy (non-hydrogen) atoms. The summed E-state index contributed by atoms with van der Waals surface area (Å²) in [4.78, 5) is 14.0. The van der Waals surface area contributed by atoms with Gasteiger partial charge in [0, 0.05) is 26.2 Å². The molecule has 3 heterocycles. The van der Waals surface area contributed by atoms with Crippen LogP contribution in [0.15, 0.2) is 33.1 Å². The summed E-state index contributed by atoms with van der Waals surface area (Å²) in [6, 6.07) is 4.71. The summed E-state index contributed by atoms with van der Waals surface area (Å²) in [6.07, 6.45) is 1.48. The largest absolute Gasteiger partial charge is 0.469 e. The van der Waals surface area contributed by atoms with Crippen molar-refractivity contribution in [3.8, 4) is 0 Å². The highest BCUT2D eigenvalue weighted by Crippen LogP contribution is 2.28. The van der Waals surface area contributed by atoms with Crippen molar-refractivity contribution in [1.29, 1.82) is 0 Å². The molecule has 2 aromatic rings. The standard InChI is InChI=1S/C14H15ClN2O4S2/c1-10-11(4-9-21-10)14(18)16-5-7-17(8-6-16)23(19,20)13-3-2-12(15)22-13/h2-4,9H,5-8H2,1H3. The van der Waals surface area contributed by atoms with Crippen LogP contribution >= 0.6 is 22.9 Å². The number of hydrogen-bond donors (Lipinski definition) is 0. The molecule has 9 heteroatoms. The Balaban J connectivity index is 1.69. The van der Waals surface area contributed by atoms with Gasteiger partial charge in [-0.3, -0.25) is 4.79 Å². The van der Waals surface area contributed by atoms with E-state index in [0.29, 0.717) is 28.7 Å². The van der Waals surface area contributed by atoms with Gasteiger partial charge >= 0.3 is 0 Å². The van der Waals surface area contributed by atoms with E-state index in [1.165, 1.54) is 16.6 Å². The van der Waals surface area contributed by atoms with Crippen molar-refractivity contribution in [2.45, 2.75) is 11.1 Å².